The molecule has 1 N–H and O–H groups in total. The number of ether oxygens (including phenoxy) is 4. The lowest BCUT2D eigenvalue weighted by Gasteiger charge is -2.25. The summed E-state index contributed by atoms with van der Waals surface area (Å²) < 4.78 is 22.9. The number of hydrogen-bond acceptors (Lipinski definition) is 7. The van der Waals surface area contributed by atoms with Crippen LogP contribution < -0.4 is 0 Å². The van der Waals surface area contributed by atoms with Crippen LogP contribution in [0.4, 0.5) is 0 Å². The lowest BCUT2D eigenvalue weighted by Crippen LogP contribution is -2.40. The molecule has 0 heterocycles. The van der Waals surface area contributed by atoms with Gasteiger partial charge in [-0.2, -0.15) is 0 Å². The fourth-order valence-electron chi connectivity index (χ4n) is 9.15. The largest absolute Gasteiger partial charge is 0.477 e. The molecule has 0 aliphatic heterocycles. The van der Waals surface area contributed by atoms with Gasteiger partial charge in [0.2, 0.25) is 0 Å². The van der Waals surface area contributed by atoms with Crippen molar-refractivity contribution in [3.05, 3.63) is 134 Å². The van der Waals surface area contributed by atoms with E-state index in [1.54, 1.807) is 0 Å². The molecule has 0 radical (unpaired) electrons. The average Bonchev–Trinajstić information content (AvgIpc) is 3.48. The van der Waals surface area contributed by atoms with Crippen molar-refractivity contribution in [3.63, 3.8) is 0 Å². The average molecular weight is 1180 g/mol. The summed E-state index contributed by atoms with van der Waals surface area (Å²) in [5, 5.41) is 9.74. The second-order valence-corrected chi connectivity index (χ2v) is 23.7. The zero-order valence-electron chi connectivity index (χ0n) is 55.2. The molecule has 9 nitrogen and oxygen atoms in total. The predicted octanol–water partition coefficient (Wildman–Crippen LogP) is 21.4. The number of allylic oxidation sites excluding steroid dienone is 22. The lowest BCUT2D eigenvalue weighted by atomic mass is 10.0. The van der Waals surface area contributed by atoms with Crippen molar-refractivity contribution in [1.82, 2.24) is 0 Å². The predicted molar refractivity (Wildman–Crippen MR) is 364 cm³/mol. The first kappa shape index (κ1) is 80.4. The molecule has 0 amide bonds. The summed E-state index contributed by atoms with van der Waals surface area (Å²) in [5.74, 6) is -2.07. The lowest BCUT2D eigenvalue weighted by molar-refractivity contribution is -0.870. The minimum absolute atomic E-state index is 0.173. The van der Waals surface area contributed by atoms with Gasteiger partial charge in [-0.3, -0.25) is 9.59 Å². The molecule has 0 aromatic carbocycles. The highest BCUT2D eigenvalue weighted by Crippen LogP contribution is 2.16. The zero-order valence-corrected chi connectivity index (χ0v) is 55.2. The summed E-state index contributed by atoms with van der Waals surface area (Å²) in [6, 6.07) is 0. The van der Waals surface area contributed by atoms with Crippen LogP contribution in [0.5, 0.6) is 0 Å². The molecular weight excluding hydrogens is 1050 g/mol. The first-order chi connectivity index (χ1) is 41.6. The highest BCUT2D eigenvalue weighted by Gasteiger charge is 2.25. The monoisotopic (exact) mass is 1180 g/mol. The Kier molecular flexibility index (Phi) is 61.9. The van der Waals surface area contributed by atoms with Gasteiger partial charge >= 0.3 is 17.9 Å². The summed E-state index contributed by atoms with van der Waals surface area (Å²) in [4.78, 5) is 37.6. The second kappa shape index (κ2) is 65.4. The highest BCUT2D eigenvalue weighted by atomic mass is 16.7. The molecule has 0 aromatic rings. The van der Waals surface area contributed by atoms with E-state index in [9.17, 15) is 19.5 Å². The molecule has 484 valence electrons. The van der Waals surface area contributed by atoms with E-state index in [-0.39, 0.29) is 38.6 Å². The number of hydrogen-bond donors (Lipinski definition) is 1. The molecule has 0 saturated carbocycles. The van der Waals surface area contributed by atoms with E-state index in [0.29, 0.717) is 17.4 Å². The molecule has 0 saturated heterocycles. The van der Waals surface area contributed by atoms with Crippen LogP contribution in [0, 0.1) is 0 Å². The number of aliphatic carboxylic acids is 1. The summed E-state index contributed by atoms with van der Waals surface area (Å²) in [7, 11) is 5.95. The summed E-state index contributed by atoms with van der Waals surface area (Å²) in [6.07, 6.45) is 91.4. The van der Waals surface area contributed by atoms with Crippen molar-refractivity contribution in [2.45, 2.75) is 283 Å². The second-order valence-electron chi connectivity index (χ2n) is 23.7. The highest BCUT2D eigenvalue weighted by molar-refractivity contribution is 5.71. The van der Waals surface area contributed by atoms with E-state index < -0.39 is 24.3 Å². The molecule has 2 unspecified atom stereocenters. The number of rotatable bonds is 62. The van der Waals surface area contributed by atoms with Crippen molar-refractivity contribution in [2.24, 2.45) is 0 Å². The minimum atomic E-state index is -1.53. The van der Waals surface area contributed by atoms with E-state index in [2.05, 4.69) is 148 Å². The third-order valence-electron chi connectivity index (χ3n) is 14.4. The zero-order chi connectivity index (χ0) is 61.9. The van der Waals surface area contributed by atoms with E-state index in [4.69, 9.17) is 18.9 Å². The van der Waals surface area contributed by atoms with Crippen LogP contribution in [0.3, 0.4) is 0 Å². The number of likely N-dealkylation sites (N-methyl/N-ethyl adjacent to an activating group) is 1. The first-order valence-corrected chi connectivity index (χ1v) is 34.3. The van der Waals surface area contributed by atoms with E-state index in [1.165, 1.54) is 141 Å². The number of nitrogens with zero attached hydrogens (tertiary/aromatic N) is 1. The normalized spacial score (nSPS) is 13.6. The Balaban J connectivity index is 4.21. The molecule has 0 spiro atoms. The van der Waals surface area contributed by atoms with Gasteiger partial charge in [-0.05, 0) is 116 Å². The number of carboxylic acids is 1. The number of carbonyl (C=O) groups is 3. The maximum Gasteiger partial charge on any atom is 0.361 e. The van der Waals surface area contributed by atoms with Gasteiger partial charge in [0.1, 0.15) is 13.2 Å². The number of carboxylic acid groups (broad SMARTS) is 1. The third kappa shape index (κ3) is 66.8. The number of carbonyl (C=O) groups excluding carboxylic acids is 2. The van der Waals surface area contributed by atoms with Crippen LogP contribution in [0.2, 0.25) is 0 Å². The van der Waals surface area contributed by atoms with Gasteiger partial charge in [0.05, 0.1) is 34.4 Å². The molecule has 9 heteroatoms. The van der Waals surface area contributed by atoms with Crippen molar-refractivity contribution in [1.29, 1.82) is 0 Å². The Morgan fingerprint density at radius 3 is 1.02 bits per heavy atom. The Morgan fingerprint density at radius 2 is 0.671 bits per heavy atom. The van der Waals surface area contributed by atoms with Gasteiger partial charge in [-0.1, -0.05) is 276 Å². The van der Waals surface area contributed by atoms with Crippen molar-refractivity contribution in [2.75, 3.05) is 47.5 Å². The van der Waals surface area contributed by atoms with Crippen LogP contribution >= 0.6 is 0 Å². The van der Waals surface area contributed by atoms with Crippen LogP contribution in [0.15, 0.2) is 134 Å². The molecule has 2 atom stereocenters. The Hall–Kier alpha value is -4.57. The molecule has 0 aliphatic carbocycles. The number of esters is 2. The fourth-order valence-corrected chi connectivity index (χ4v) is 9.15. The minimum Gasteiger partial charge on any atom is -0.477 e. The maximum absolute atomic E-state index is 12.9. The summed E-state index contributed by atoms with van der Waals surface area (Å²) >= 11 is 0. The van der Waals surface area contributed by atoms with Crippen molar-refractivity contribution in [3.8, 4) is 0 Å². The van der Waals surface area contributed by atoms with Crippen LogP contribution in [0.25, 0.3) is 0 Å². The van der Waals surface area contributed by atoms with E-state index in [0.717, 1.165) is 96.3 Å². The summed E-state index contributed by atoms with van der Waals surface area (Å²) in [5.41, 5.74) is 0. The SMILES string of the molecule is CC/C=C\C/C=C\C/C=C\C/C=C\C/C=C\C/C=C\C/C=C\C/C=C\CCCCC(=O)OC(COC(=O)CCCCCCCCCCCCCCCCCCCC/C=C\C/C=C\C/C=C\CCCCCCC)COC(OCC[N+](C)(C)C)C(=O)O. The van der Waals surface area contributed by atoms with Gasteiger partial charge in [0, 0.05) is 12.8 Å². The number of unbranched alkanes of at least 4 members (excludes halogenated alkanes) is 25. The fraction of sp³-hybridized carbons (Fsp3) is 0.671. The van der Waals surface area contributed by atoms with Gasteiger partial charge < -0.3 is 28.5 Å². The Morgan fingerprint density at radius 1 is 0.365 bits per heavy atom. The van der Waals surface area contributed by atoms with Gasteiger partial charge in [0.15, 0.2) is 6.10 Å². The van der Waals surface area contributed by atoms with Gasteiger partial charge in [0.25, 0.3) is 6.29 Å². The molecule has 85 heavy (non-hydrogen) atoms. The van der Waals surface area contributed by atoms with Gasteiger partial charge in [-0.25, -0.2) is 4.79 Å². The maximum atomic E-state index is 12.9. The van der Waals surface area contributed by atoms with Crippen molar-refractivity contribution >= 4 is 17.9 Å². The number of quaternary nitrogens is 1. The topological polar surface area (TPSA) is 108 Å². The third-order valence-corrected chi connectivity index (χ3v) is 14.4. The smallest absolute Gasteiger partial charge is 0.361 e. The molecule has 0 bridgehead atoms. The quantitative estimate of drug-likeness (QED) is 0.0211. The molecular formula is C76H128NO8+. The van der Waals surface area contributed by atoms with Crippen LogP contribution in [-0.2, 0) is 33.3 Å². The molecule has 0 rings (SSSR count). The molecule has 0 aliphatic rings. The van der Waals surface area contributed by atoms with Crippen LogP contribution in [-0.4, -0.2) is 87.4 Å². The standard InChI is InChI=1S/C76H127NO8/c1-6-8-10-12-14-16-18-20-22-24-26-28-30-32-34-35-36-37-38-39-41-42-44-46-48-50-52-54-56-58-60-62-64-66-73(78)83-70-72(71-84-76(75(80)81)82-69-68-77(3,4)5)85-74(79)67-65-63-61-59-57-55-53-51-49-47-45-43-40-33-31-29-27-25-23-21-19-17-15-13-11-9-7-2/h9,11,15,17-18,20-21,23-24,26-27,29-30,32-33,40,45,47,51,53,57,59,72,76H,6-8,10,12-14,16,19,22,25,28,31,34-39,41-44,46,48-50,52,54-56,58,60-71H2,1-5H3/p+1/b11-9-,17-15-,20-18-,23-21-,26-24-,29-27-,32-30-,40-33-,47-45-,53-51-,59-57-. The van der Waals surface area contributed by atoms with Crippen LogP contribution in [0.1, 0.15) is 271 Å². The Bertz CT molecular complexity index is 1860. The van der Waals surface area contributed by atoms with Crippen molar-refractivity contribution < 1.29 is 42.9 Å². The summed E-state index contributed by atoms with van der Waals surface area (Å²) in [6.45, 7) is 4.70. The van der Waals surface area contributed by atoms with E-state index >= 15 is 0 Å². The molecule has 0 fully saturated rings. The van der Waals surface area contributed by atoms with Gasteiger partial charge in [-0.15, -0.1) is 0 Å². The Labute approximate surface area is 522 Å². The molecule has 0 aromatic heterocycles. The van der Waals surface area contributed by atoms with E-state index in [1.807, 2.05) is 21.1 Å². The first-order valence-electron chi connectivity index (χ1n) is 34.3.